The molecule has 0 heterocycles. The maximum atomic E-state index is 13.1. The predicted molar refractivity (Wildman–Crippen MR) is 60.0 cm³/mol. The molecule has 0 aliphatic heterocycles. The van der Waals surface area contributed by atoms with E-state index in [0.717, 1.165) is 12.8 Å². The van der Waals surface area contributed by atoms with Gasteiger partial charge in [0, 0.05) is 5.56 Å². The van der Waals surface area contributed by atoms with Crippen LogP contribution in [0.5, 0.6) is 5.75 Å². The third-order valence-electron chi connectivity index (χ3n) is 2.63. The second kappa shape index (κ2) is 4.37. The van der Waals surface area contributed by atoms with Crippen LogP contribution in [0.1, 0.15) is 18.4 Å². The molecule has 2 N–H and O–H groups in total. The van der Waals surface area contributed by atoms with Crippen molar-refractivity contribution < 1.29 is 9.13 Å². The van der Waals surface area contributed by atoms with Gasteiger partial charge < -0.3 is 10.5 Å². The number of hydrogen-bond donors (Lipinski definition) is 1. The number of hydrogen-bond acceptors (Lipinski definition) is 2. The van der Waals surface area contributed by atoms with Gasteiger partial charge in [-0.25, -0.2) is 4.39 Å². The van der Waals surface area contributed by atoms with Crippen LogP contribution >= 0.6 is 12.4 Å². The fourth-order valence-electron chi connectivity index (χ4n) is 1.27. The van der Waals surface area contributed by atoms with Crippen LogP contribution in [0.25, 0.3) is 0 Å². The first-order chi connectivity index (χ1) is 6.61. The molecule has 4 heteroatoms. The normalized spacial score (nSPS) is 16.7. The smallest absolute Gasteiger partial charge is 0.129 e. The number of rotatable bonds is 3. The molecule has 1 aromatic carbocycles. The first-order valence-corrected chi connectivity index (χ1v) is 4.78. The van der Waals surface area contributed by atoms with Gasteiger partial charge >= 0.3 is 0 Å². The molecular formula is C11H15ClFNO. The first kappa shape index (κ1) is 12.3. The Bertz CT molecular complexity index is 352. The van der Waals surface area contributed by atoms with Gasteiger partial charge in [-0.15, -0.1) is 12.4 Å². The summed E-state index contributed by atoms with van der Waals surface area (Å²) < 4.78 is 18.6. The molecule has 0 bridgehead atoms. The fraction of sp³-hybridized carbons (Fsp3) is 0.455. The van der Waals surface area contributed by atoms with Crippen molar-refractivity contribution in [2.75, 3.05) is 6.61 Å². The van der Waals surface area contributed by atoms with Crippen LogP contribution in [0.3, 0.4) is 0 Å². The Hall–Kier alpha value is -0.800. The SMILES string of the molecule is Cc1c(F)cccc1OCC1(N)CC1.Cl. The largest absolute Gasteiger partial charge is 0.491 e. The van der Waals surface area contributed by atoms with Gasteiger partial charge in [-0.2, -0.15) is 0 Å². The van der Waals surface area contributed by atoms with Crippen molar-refractivity contribution in [3.8, 4) is 5.75 Å². The Balaban J connectivity index is 0.00000112. The van der Waals surface area contributed by atoms with Crippen LogP contribution in [0.2, 0.25) is 0 Å². The summed E-state index contributed by atoms with van der Waals surface area (Å²) in [4.78, 5) is 0. The lowest BCUT2D eigenvalue weighted by molar-refractivity contribution is 0.276. The van der Waals surface area contributed by atoms with E-state index >= 15 is 0 Å². The molecule has 0 radical (unpaired) electrons. The van der Waals surface area contributed by atoms with Gasteiger partial charge in [-0.1, -0.05) is 6.07 Å². The third kappa shape index (κ3) is 2.83. The second-order valence-electron chi connectivity index (χ2n) is 4.01. The maximum absolute atomic E-state index is 13.1. The van der Waals surface area contributed by atoms with E-state index in [0.29, 0.717) is 17.9 Å². The van der Waals surface area contributed by atoms with Crippen molar-refractivity contribution in [2.45, 2.75) is 25.3 Å². The zero-order chi connectivity index (χ0) is 10.2. The molecule has 1 aromatic rings. The van der Waals surface area contributed by atoms with Gasteiger partial charge in [0.2, 0.25) is 0 Å². The summed E-state index contributed by atoms with van der Waals surface area (Å²) in [6.07, 6.45) is 2.00. The van der Waals surface area contributed by atoms with E-state index in [-0.39, 0.29) is 23.8 Å². The van der Waals surface area contributed by atoms with E-state index in [1.165, 1.54) is 6.07 Å². The molecule has 0 spiro atoms. The lowest BCUT2D eigenvalue weighted by Gasteiger charge is -2.13. The average molecular weight is 232 g/mol. The van der Waals surface area contributed by atoms with Crippen LogP contribution in [0, 0.1) is 12.7 Å². The number of benzene rings is 1. The van der Waals surface area contributed by atoms with Crippen LogP contribution in [-0.2, 0) is 0 Å². The van der Waals surface area contributed by atoms with Crippen LogP contribution in [-0.4, -0.2) is 12.1 Å². The molecule has 1 fully saturated rings. The summed E-state index contributed by atoms with van der Waals surface area (Å²) in [5, 5.41) is 0. The van der Waals surface area contributed by atoms with Crippen LogP contribution in [0.4, 0.5) is 4.39 Å². The van der Waals surface area contributed by atoms with Gasteiger partial charge in [-0.3, -0.25) is 0 Å². The Labute approximate surface area is 95.0 Å². The Morgan fingerprint density at radius 3 is 2.73 bits per heavy atom. The molecule has 0 atom stereocenters. The van der Waals surface area contributed by atoms with E-state index in [9.17, 15) is 4.39 Å². The highest BCUT2D eigenvalue weighted by Crippen LogP contribution is 2.33. The Kier molecular flexibility index (Phi) is 3.58. The molecule has 2 rings (SSSR count). The summed E-state index contributed by atoms with van der Waals surface area (Å²) in [5.41, 5.74) is 6.26. The lowest BCUT2D eigenvalue weighted by Crippen LogP contribution is -2.29. The summed E-state index contributed by atoms with van der Waals surface area (Å²) >= 11 is 0. The van der Waals surface area contributed by atoms with Crippen molar-refractivity contribution >= 4 is 12.4 Å². The minimum atomic E-state index is -0.232. The standard InChI is InChI=1S/C11H14FNO.ClH/c1-8-9(12)3-2-4-10(8)14-7-11(13)5-6-11;/h2-4H,5-7,13H2,1H3;1H. The van der Waals surface area contributed by atoms with Crippen molar-refractivity contribution in [3.63, 3.8) is 0 Å². The highest BCUT2D eigenvalue weighted by Gasteiger charge is 2.39. The molecule has 15 heavy (non-hydrogen) atoms. The summed E-state index contributed by atoms with van der Waals surface area (Å²) in [5.74, 6) is 0.367. The number of ether oxygens (including phenoxy) is 1. The van der Waals surface area contributed by atoms with Gasteiger partial charge in [0.25, 0.3) is 0 Å². The molecule has 2 nitrogen and oxygen atoms in total. The number of halogens is 2. The van der Waals surface area contributed by atoms with Crippen molar-refractivity contribution in [1.29, 1.82) is 0 Å². The second-order valence-corrected chi connectivity index (χ2v) is 4.01. The minimum Gasteiger partial charge on any atom is -0.491 e. The van der Waals surface area contributed by atoms with Crippen molar-refractivity contribution in [1.82, 2.24) is 0 Å². The topological polar surface area (TPSA) is 35.2 Å². The molecule has 0 unspecified atom stereocenters. The average Bonchev–Trinajstić information content (AvgIpc) is 2.88. The Morgan fingerprint density at radius 1 is 1.47 bits per heavy atom. The summed E-state index contributed by atoms with van der Waals surface area (Å²) in [6.45, 7) is 2.19. The Morgan fingerprint density at radius 2 is 2.13 bits per heavy atom. The minimum absolute atomic E-state index is 0. The maximum Gasteiger partial charge on any atom is 0.129 e. The predicted octanol–water partition coefficient (Wildman–Crippen LogP) is 2.43. The molecule has 84 valence electrons. The van der Waals surface area contributed by atoms with Gasteiger partial charge in [0.1, 0.15) is 18.2 Å². The van der Waals surface area contributed by atoms with Crippen LogP contribution < -0.4 is 10.5 Å². The van der Waals surface area contributed by atoms with E-state index in [1.807, 2.05) is 0 Å². The van der Waals surface area contributed by atoms with E-state index < -0.39 is 0 Å². The van der Waals surface area contributed by atoms with E-state index in [2.05, 4.69) is 0 Å². The molecule has 1 aliphatic carbocycles. The molecule has 0 aromatic heterocycles. The van der Waals surface area contributed by atoms with E-state index in [4.69, 9.17) is 10.5 Å². The number of nitrogens with two attached hydrogens (primary N) is 1. The quantitative estimate of drug-likeness (QED) is 0.867. The third-order valence-corrected chi connectivity index (χ3v) is 2.63. The molecule has 1 saturated carbocycles. The zero-order valence-corrected chi connectivity index (χ0v) is 9.44. The highest BCUT2D eigenvalue weighted by atomic mass is 35.5. The highest BCUT2D eigenvalue weighted by molar-refractivity contribution is 5.85. The molecule has 1 aliphatic rings. The van der Waals surface area contributed by atoms with Crippen molar-refractivity contribution in [3.05, 3.63) is 29.6 Å². The zero-order valence-electron chi connectivity index (χ0n) is 8.63. The van der Waals surface area contributed by atoms with Crippen LogP contribution in [0.15, 0.2) is 18.2 Å². The lowest BCUT2D eigenvalue weighted by atomic mass is 10.2. The van der Waals surface area contributed by atoms with E-state index in [1.54, 1.807) is 19.1 Å². The monoisotopic (exact) mass is 231 g/mol. The fourth-order valence-corrected chi connectivity index (χ4v) is 1.27. The molecular weight excluding hydrogens is 217 g/mol. The first-order valence-electron chi connectivity index (χ1n) is 4.78. The molecule has 0 amide bonds. The summed E-state index contributed by atoms with van der Waals surface area (Å²) in [6, 6.07) is 4.84. The van der Waals surface area contributed by atoms with Crippen molar-refractivity contribution in [2.24, 2.45) is 5.73 Å². The molecule has 0 saturated heterocycles. The van der Waals surface area contributed by atoms with Gasteiger partial charge in [-0.05, 0) is 31.9 Å². The van der Waals surface area contributed by atoms with Gasteiger partial charge in [0.05, 0.1) is 5.54 Å². The summed E-state index contributed by atoms with van der Waals surface area (Å²) in [7, 11) is 0. The van der Waals surface area contributed by atoms with Gasteiger partial charge in [0.15, 0.2) is 0 Å².